The van der Waals surface area contributed by atoms with Crippen LogP contribution in [0, 0.1) is 5.92 Å². The van der Waals surface area contributed by atoms with E-state index >= 15 is 0 Å². The van der Waals surface area contributed by atoms with Gasteiger partial charge in [0.2, 0.25) is 0 Å². The largest absolute Gasteiger partial charge is 0.306 e. The highest BCUT2D eigenvalue weighted by atomic mass is 31.1. The maximum absolute atomic E-state index is 2.45. The topological polar surface area (TPSA) is 3.24 Å². The molecule has 0 saturated heterocycles. The molecule has 22 heavy (non-hydrogen) atoms. The maximum atomic E-state index is 2.45. The second kappa shape index (κ2) is 7.45. The molecule has 122 valence electrons. The lowest BCUT2D eigenvalue weighted by Crippen LogP contribution is -2.37. The minimum atomic E-state index is 0.0188. The average Bonchev–Trinajstić information content (AvgIpc) is 3.20. The Bertz CT molecular complexity index is 452. The van der Waals surface area contributed by atoms with Crippen LogP contribution in [0.1, 0.15) is 51.9 Å². The van der Waals surface area contributed by atoms with E-state index in [0.29, 0.717) is 0 Å². The van der Waals surface area contributed by atoms with Gasteiger partial charge >= 0.3 is 0 Å². The normalized spacial score (nSPS) is 29.1. The second-order valence-electron chi connectivity index (χ2n) is 7.55. The summed E-state index contributed by atoms with van der Waals surface area (Å²) < 4.78 is 0. The first-order chi connectivity index (χ1) is 10.7. The number of benzene rings is 1. The van der Waals surface area contributed by atoms with Crippen LogP contribution in [0.3, 0.4) is 0 Å². The van der Waals surface area contributed by atoms with Crippen molar-refractivity contribution in [2.24, 2.45) is 5.92 Å². The third-order valence-electron chi connectivity index (χ3n) is 6.10. The Morgan fingerprint density at radius 2 is 1.64 bits per heavy atom. The Morgan fingerprint density at radius 1 is 0.955 bits per heavy atom. The van der Waals surface area contributed by atoms with E-state index in [1.54, 1.807) is 5.30 Å². The number of nitrogens with zero attached hydrogens (tertiary/aromatic N) is 1. The Hall–Kier alpha value is -0.390. The Morgan fingerprint density at radius 3 is 2.27 bits per heavy atom. The van der Waals surface area contributed by atoms with Gasteiger partial charge in [0.25, 0.3) is 0 Å². The van der Waals surface area contributed by atoms with Crippen molar-refractivity contribution in [1.29, 1.82) is 0 Å². The molecule has 1 nitrogen and oxygen atoms in total. The van der Waals surface area contributed by atoms with Gasteiger partial charge in [-0.25, -0.2) is 0 Å². The van der Waals surface area contributed by atoms with Gasteiger partial charge in [0.1, 0.15) is 0 Å². The highest BCUT2D eigenvalue weighted by Crippen LogP contribution is 2.58. The first kappa shape index (κ1) is 16.5. The van der Waals surface area contributed by atoms with Crippen LogP contribution in [-0.2, 0) is 0 Å². The first-order valence-corrected chi connectivity index (χ1v) is 10.7. The molecule has 0 spiro atoms. The van der Waals surface area contributed by atoms with Gasteiger partial charge < -0.3 is 4.90 Å². The molecular formula is C20H32NP. The number of hydrogen-bond donors (Lipinski definition) is 0. The zero-order valence-corrected chi connectivity index (χ0v) is 15.4. The summed E-state index contributed by atoms with van der Waals surface area (Å²) in [5.74, 6) is 0.905. The fraction of sp³-hybridized carbons (Fsp3) is 0.700. The van der Waals surface area contributed by atoms with Crippen molar-refractivity contribution in [3.63, 3.8) is 0 Å². The number of rotatable bonds is 5. The lowest BCUT2D eigenvalue weighted by molar-refractivity contribution is 0.232. The summed E-state index contributed by atoms with van der Waals surface area (Å²) in [7, 11) is 4.55. The molecule has 2 fully saturated rings. The van der Waals surface area contributed by atoms with Gasteiger partial charge in [0, 0.05) is 6.04 Å². The van der Waals surface area contributed by atoms with Crippen LogP contribution in [0.25, 0.3) is 0 Å². The summed E-state index contributed by atoms with van der Waals surface area (Å²) in [6.07, 6.45) is 10.3. The van der Waals surface area contributed by atoms with Crippen LogP contribution in [0.5, 0.6) is 0 Å². The zero-order valence-electron chi connectivity index (χ0n) is 14.5. The molecular weight excluding hydrogens is 285 g/mol. The minimum absolute atomic E-state index is 0.0188. The molecule has 0 heterocycles. The zero-order chi connectivity index (χ0) is 15.5. The summed E-state index contributed by atoms with van der Waals surface area (Å²) in [6.45, 7) is 2.45. The summed E-state index contributed by atoms with van der Waals surface area (Å²) >= 11 is 0. The average molecular weight is 317 g/mol. The predicted octanol–water partition coefficient (Wildman–Crippen LogP) is 4.86. The lowest BCUT2D eigenvalue weighted by Gasteiger charge is -2.38. The van der Waals surface area contributed by atoms with Crippen molar-refractivity contribution in [2.45, 2.75) is 69.2 Å². The molecule has 0 N–H and O–H groups in total. The van der Waals surface area contributed by atoms with Crippen LogP contribution < -0.4 is 5.30 Å². The van der Waals surface area contributed by atoms with Crippen LogP contribution in [0.15, 0.2) is 30.3 Å². The van der Waals surface area contributed by atoms with Gasteiger partial charge in [-0.1, -0.05) is 57.5 Å². The SMILES string of the molecule is C[C@@H](C1CCCC1[P@@](c1ccccc1)C1CCCC1)N(C)C. The van der Waals surface area contributed by atoms with Crippen molar-refractivity contribution >= 4 is 13.2 Å². The molecule has 4 atom stereocenters. The molecule has 3 rings (SSSR count). The van der Waals surface area contributed by atoms with Gasteiger partial charge in [0.05, 0.1) is 0 Å². The van der Waals surface area contributed by atoms with E-state index in [0.717, 1.165) is 23.3 Å². The van der Waals surface area contributed by atoms with Gasteiger partial charge in [0.15, 0.2) is 0 Å². The molecule has 0 bridgehead atoms. The Kier molecular flexibility index (Phi) is 5.58. The van der Waals surface area contributed by atoms with Crippen molar-refractivity contribution in [2.75, 3.05) is 14.1 Å². The monoisotopic (exact) mass is 317 g/mol. The van der Waals surface area contributed by atoms with Crippen LogP contribution in [0.2, 0.25) is 0 Å². The molecule has 1 aromatic rings. The summed E-state index contributed by atoms with van der Waals surface area (Å²) in [4.78, 5) is 2.45. The molecule has 0 aromatic heterocycles. The van der Waals surface area contributed by atoms with Gasteiger partial charge in [-0.3, -0.25) is 0 Å². The fourth-order valence-electron chi connectivity index (χ4n) is 4.72. The van der Waals surface area contributed by atoms with Gasteiger partial charge in [-0.05, 0) is 69.2 Å². The van der Waals surface area contributed by atoms with E-state index in [1.165, 1.54) is 44.9 Å². The molecule has 2 unspecified atom stereocenters. The fourth-order valence-corrected chi connectivity index (χ4v) is 8.77. The molecule has 2 saturated carbocycles. The minimum Gasteiger partial charge on any atom is -0.306 e. The van der Waals surface area contributed by atoms with E-state index in [9.17, 15) is 0 Å². The number of hydrogen-bond acceptors (Lipinski definition) is 1. The van der Waals surface area contributed by atoms with Crippen LogP contribution in [0.4, 0.5) is 0 Å². The van der Waals surface area contributed by atoms with Gasteiger partial charge in [-0.2, -0.15) is 0 Å². The molecule has 2 heteroatoms. The quantitative estimate of drug-likeness (QED) is 0.701. The standard InChI is InChI=1S/C20H32NP/c1-16(21(2)3)19-14-9-15-20(19)22(18-12-7-8-13-18)17-10-5-4-6-11-17/h4-6,10-11,16,18-20H,7-9,12-15H2,1-3H3/t16-,19?,20?,22-/m0/s1. The van der Waals surface area contributed by atoms with Crippen LogP contribution in [-0.4, -0.2) is 36.4 Å². The lowest BCUT2D eigenvalue weighted by atomic mass is 9.98. The highest BCUT2D eigenvalue weighted by Gasteiger charge is 2.41. The molecule has 0 radical (unpaired) electrons. The Labute approximate surface area is 138 Å². The molecule has 2 aliphatic rings. The van der Waals surface area contributed by atoms with Crippen LogP contribution >= 0.6 is 7.92 Å². The van der Waals surface area contributed by atoms with E-state index in [2.05, 4.69) is 56.3 Å². The maximum Gasteiger partial charge on any atom is 0.00952 e. The predicted molar refractivity (Wildman–Crippen MR) is 99.5 cm³/mol. The summed E-state index contributed by atoms with van der Waals surface area (Å²) in [5, 5.41) is 1.69. The van der Waals surface area contributed by atoms with Crippen molar-refractivity contribution in [3.05, 3.63) is 30.3 Å². The summed E-state index contributed by atoms with van der Waals surface area (Å²) in [6, 6.07) is 12.3. The molecule has 0 aliphatic heterocycles. The molecule has 0 amide bonds. The third kappa shape index (κ3) is 3.41. The van der Waals surface area contributed by atoms with Crippen molar-refractivity contribution in [3.8, 4) is 0 Å². The molecule has 1 aromatic carbocycles. The van der Waals surface area contributed by atoms with E-state index in [-0.39, 0.29) is 7.92 Å². The highest BCUT2D eigenvalue weighted by molar-refractivity contribution is 7.67. The van der Waals surface area contributed by atoms with E-state index in [1.807, 2.05) is 0 Å². The Balaban J connectivity index is 1.88. The molecule has 2 aliphatic carbocycles. The van der Waals surface area contributed by atoms with E-state index < -0.39 is 0 Å². The van der Waals surface area contributed by atoms with Crippen molar-refractivity contribution in [1.82, 2.24) is 4.90 Å². The van der Waals surface area contributed by atoms with Crippen molar-refractivity contribution < 1.29 is 0 Å². The first-order valence-electron chi connectivity index (χ1n) is 9.18. The van der Waals surface area contributed by atoms with E-state index in [4.69, 9.17) is 0 Å². The second-order valence-corrected chi connectivity index (χ2v) is 10.3. The summed E-state index contributed by atoms with van der Waals surface area (Å²) in [5.41, 5.74) is 1.95. The smallest absolute Gasteiger partial charge is 0.00952 e. The van der Waals surface area contributed by atoms with Gasteiger partial charge in [-0.15, -0.1) is 0 Å². The third-order valence-corrected chi connectivity index (χ3v) is 9.65.